The molecule has 0 aliphatic heterocycles. The zero-order valence-corrected chi connectivity index (χ0v) is 12.2. The SMILES string of the molecule is CCOC(=O)[C@H]1CCCC[C@H]1OC(=O)[C@H](C)OC(C)=O. The van der Waals surface area contributed by atoms with Crippen LogP contribution in [0.4, 0.5) is 0 Å². The molecule has 6 nitrogen and oxygen atoms in total. The second-order valence-corrected chi connectivity index (χ2v) is 4.87. The Morgan fingerprint density at radius 2 is 1.85 bits per heavy atom. The summed E-state index contributed by atoms with van der Waals surface area (Å²) < 4.78 is 15.1. The molecule has 20 heavy (non-hydrogen) atoms. The fourth-order valence-corrected chi connectivity index (χ4v) is 2.30. The summed E-state index contributed by atoms with van der Waals surface area (Å²) in [6.07, 6.45) is 1.64. The van der Waals surface area contributed by atoms with Gasteiger partial charge in [-0.1, -0.05) is 6.42 Å². The summed E-state index contributed by atoms with van der Waals surface area (Å²) in [6.45, 7) is 4.72. The van der Waals surface area contributed by atoms with E-state index in [9.17, 15) is 14.4 Å². The van der Waals surface area contributed by atoms with Gasteiger partial charge >= 0.3 is 17.9 Å². The Morgan fingerprint density at radius 1 is 1.20 bits per heavy atom. The standard InChI is InChI=1S/C14H22O6/c1-4-18-14(17)11-7-5-6-8-12(11)20-13(16)9(2)19-10(3)15/h9,11-12H,4-8H2,1-3H3/t9-,11-,12+/m0/s1. The first-order valence-corrected chi connectivity index (χ1v) is 7.00. The molecular formula is C14H22O6. The second kappa shape index (κ2) is 7.87. The van der Waals surface area contributed by atoms with Gasteiger partial charge in [-0.15, -0.1) is 0 Å². The molecule has 0 aromatic carbocycles. The van der Waals surface area contributed by atoms with Gasteiger partial charge in [0.2, 0.25) is 0 Å². The molecule has 0 radical (unpaired) electrons. The number of ether oxygens (including phenoxy) is 3. The van der Waals surface area contributed by atoms with Gasteiger partial charge in [0, 0.05) is 6.92 Å². The van der Waals surface area contributed by atoms with E-state index >= 15 is 0 Å². The fraction of sp³-hybridized carbons (Fsp3) is 0.786. The molecular weight excluding hydrogens is 264 g/mol. The predicted octanol–water partition coefficient (Wildman–Crippen LogP) is 1.60. The first kappa shape index (κ1) is 16.5. The van der Waals surface area contributed by atoms with E-state index in [0.29, 0.717) is 19.4 Å². The van der Waals surface area contributed by atoms with E-state index in [1.54, 1.807) is 6.92 Å². The summed E-state index contributed by atoms with van der Waals surface area (Å²) in [5, 5.41) is 0. The van der Waals surface area contributed by atoms with Gasteiger partial charge in [0.1, 0.15) is 6.10 Å². The first-order valence-electron chi connectivity index (χ1n) is 7.00. The molecule has 1 saturated carbocycles. The average Bonchev–Trinajstić information content (AvgIpc) is 2.38. The summed E-state index contributed by atoms with van der Waals surface area (Å²) in [7, 11) is 0. The smallest absolute Gasteiger partial charge is 0.347 e. The van der Waals surface area contributed by atoms with Gasteiger partial charge in [0.05, 0.1) is 12.5 Å². The molecule has 1 aliphatic rings. The van der Waals surface area contributed by atoms with Gasteiger partial charge in [-0.25, -0.2) is 4.79 Å². The largest absolute Gasteiger partial charge is 0.466 e. The lowest BCUT2D eigenvalue weighted by Gasteiger charge is -2.30. The Hall–Kier alpha value is -1.59. The summed E-state index contributed by atoms with van der Waals surface area (Å²) in [5.41, 5.74) is 0. The number of carbonyl (C=O) groups excluding carboxylic acids is 3. The van der Waals surface area contributed by atoms with Crippen LogP contribution in [0.3, 0.4) is 0 Å². The third-order valence-electron chi connectivity index (χ3n) is 3.23. The van der Waals surface area contributed by atoms with Crippen LogP contribution in [0.15, 0.2) is 0 Å². The first-order chi connectivity index (χ1) is 9.45. The molecule has 1 fully saturated rings. The van der Waals surface area contributed by atoms with Crippen LogP contribution in [-0.4, -0.2) is 36.7 Å². The number of carbonyl (C=O) groups is 3. The number of rotatable bonds is 5. The number of hydrogen-bond donors (Lipinski definition) is 0. The minimum atomic E-state index is -0.961. The van der Waals surface area contributed by atoms with E-state index in [2.05, 4.69) is 0 Å². The molecule has 0 bridgehead atoms. The summed E-state index contributed by atoms with van der Waals surface area (Å²) >= 11 is 0. The van der Waals surface area contributed by atoms with Crippen molar-refractivity contribution in [2.75, 3.05) is 6.61 Å². The normalized spacial score (nSPS) is 23.6. The van der Waals surface area contributed by atoms with Crippen LogP contribution in [0.25, 0.3) is 0 Å². The van der Waals surface area contributed by atoms with Crippen molar-refractivity contribution in [2.45, 2.75) is 58.7 Å². The van der Waals surface area contributed by atoms with Crippen LogP contribution in [0, 0.1) is 5.92 Å². The monoisotopic (exact) mass is 286 g/mol. The minimum Gasteiger partial charge on any atom is -0.466 e. The minimum absolute atomic E-state index is 0.305. The molecule has 0 unspecified atom stereocenters. The highest BCUT2D eigenvalue weighted by molar-refractivity contribution is 5.79. The van der Waals surface area contributed by atoms with E-state index in [-0.39, 0.29) is 5.97 Å². The highest BCUT2D eigenvalue weighted by atomic mass is 16.6. The maximum atomic E-state index is 11.8. The highest BCUT2D eigenvalue weighted by Gasteiger charge is 2.36. The van der Waals surface area contributed by atoms with Gasteiger partial charge in [-0.3, -0.25) is 9.59 Å². The van der Waals surface area contributed by atoms with E-state index < -0.39 is 30.1 Å². The van der Waals surface area contributed by atoms with Crippen LogP contribution in [0.2, 0.25) is 0 Å². The van der Waals surface area contributed by atoms with Gasteiger partial charge in [0.15, 0.2) is 6.10 Å². The topological polar surface area (TPSA) is 78.9 Å². The molecule has 0 N–H and O–H groups in total. The third-order valence-corrected chi connectivity index (χ3v) is 3.23. The maximum Gasteiger partial charge on any atom is 0.347 e. The van der Waals surface area contributed by atoms with Crippen molar-refractivity contribution >= 4 is 17.9 Å². The summed E-state index contributed by atoms with van der Waals surface area (Å²) in [5.74, 6) is -1.91. The Balaban J connectivity index is 2.60. The highest BCUT2D eigenvalue weighted by Crippen LogP contribution is 2.28. The van der Waals surface area contributed by atoms with E-state index in [1.165, 1.54) is 13.8 Å². The lowest BCUT2D eigenvalue weighted by molar-refractivity contribution is -0.176. The molecule has 6 heteroatoms. The maximum absolute atomic E-state index is 11.8. The lowest BCUT2D eigenvalue weighted by Crippen LogP contribution is -2.39. The van der Waals surface area contributed by atoms with Crippen LogP contribution < -0.4 is 0 Å². The Kier molecular flexibility index (Phi) is 6.48. The molecule has 1 aliphatic carbocycles. The molecule has 0 heterocycles. The van der Waals surface area contributed by atoms with Crippen molar-refractivity contribution in [1.29, 1.82) is 0 Å². The molecule has 0 saturated heterocycles. The van der Waals surface area contributed by atoms with Gasteiger partial charge in [-0.2, -0.15) is 0 Å². The molecule has 0 aromatic rings. The van der Waals surface area contributed by atoms with Crippen LogP contribution in [-0.2, 0) is 28.6 Å². The number of hydrogen-bond acceptors (Lipinski definition) is 6. The van der Waals surface area contributed by atoms with Crippen molar-refractivity contribution in [2.24, 2.45) is 5.92 Å². The lowest BCUT2D eigenvalue weighted by atomic mass is 9.86. The van der Waals surface area contributed by atoms with Gasteiger partial charge < -0.3 is 14.2 Å². The van der Waals surface area contributed by atoms with Gasteiger partial charge in [0.25, 0.3) is 0 Å². The number of esters is 3. The van der Waals surface area contributed by atoms with Crippen molar-refractivity contribution in [3.8, 4) is 0 Å². The molecule has 0 aromatic heterocycles. The van der Waals surface area contributed by atoms with Gasteiger partial charge in [-0.05, 0) is 33.1 Å². The third kappa shape index (κ3) is 4.83. The molecule has 0 spiro atoms. The second-order valence-electron chi connectivity index (χ2n) is 4.87. The summed E-state index contributed by atoms with van der Waals surface area (Å²) in [4.78, 5) is 34.5. The zero-order chi connectivity index (χ0) is 15.1. The molecule has 114 valence electrons. The average molecular weight is 286 g/mol. The van der Waals surface area contributed by atoms with Crippen LogP contribution in [0.5, 0.6) is 0 Å². The van der Waals surface area contributed by atoms with E-state index in [1.807, 2.05) is 0 Å². The quantitative estimate of drug-likeness (QED) is 0.564. The van der Waals surface area contributed by atoms with Crippen molar-refractivity contribution < 1.29 is 28.6 Å². The summed E-state index contributed by atoms with van der Waals surface area (Å²) in [6, 6.07) is 0. The van der Waals surface area contributed by atoms with Crippen LogP contribution in [0.1, 0.15) is 46.5 Å². The Bertz CT molecular complexity index is 365. The Morgan fingerprint density at radius 3 is 2.45 bits per heavy atom. The fourth-order valence-electron chi connectivity index (χ4n) is 2.30. The van der Waals surface area contributed by atoms with Crippen molar-refractivity contribution in [1.82, 2.24) is 0 Å². The van der Waals surface area contributed by atoms with E-state index in [0.717, 1.165) is 12.8 Å². The van der Waals surface area contributed by atoms with E-state index in [4.69, 9.17) is 14.2 Å². The Labute approximate surface area is 118 Å². The molecule has 0 amide bonds. The predicted molar refractivity (Wildman–Crippen MR) is 69.7 cm³/mol. The zero-order valence-electron chi connectivity index (χ0n) is 12.2. The van der Waals surface area contributed by atoms with Crippen molar-refractivity contribution in [3.63, 3.8) is 0 Å². The molecule has 3 atom stereocenters. The van der Waals surface area contributed by atoms with Crippen molar-refractivity contribution in [3.05, 3.63) is 0 Å². The van der Waals surface area contributed by atoms with Crippen LogP contribution >= 0.6 is 0 Å². The molecule has 1 rings (SSSR count).